The largest absolute Gasteiger partial charge is 0.179 e. The minimum absolute atomic E-state index is 0.952. The smallest absolute Gasteiger partial charge is 0.0283 e. The molecule has 0 amide bonds. The average molecular weight is 444 g/mol. The van der Waals surface area contributed by atoms with Crippen LogP contribution in [0.2, 0.25) is 0 Å². The number of hydrogen-bond acceptors (Lipinski definition) is 1. The molecule has 0 saturated carbocycles. The van der Waals surface area contributed by atoms with Crippen molar-refractivity contribution >= 4 is 28.6 Å². The summed E-state index contributed by atoms with van der Waals surface area (Å²) in [6.45, 7) is 4.38. The summed E-state index contributed by atoms with van der Waals surface area (Å²) in [5.74, 6) is 1.07. The van der Waals surface area contributed by atoms with E-state index in [9.17, 15) is 0 Å². The zero-order valence-corrected chi connectivity index (χ0v) is 19.9. The number of aryl methyl sites for hydroxylation is 1. The quantitative estimate of drug-likeness (QED) is 0.156. The minimum atomic E-state index is 0.952. The van der Waals surface area contributed by atoms with Crippen LogP contribution in [0.25, 0.3) is 0 Å². The van der Waals surface area contributed by atoms with Gasteiger partial charge >= 0.3 is 0 Å². The van der Waals surface area contributed by atoms with Gasteiger partial charge in [-0.2, -0.15) is 12.6 Å². The Kier molecular flexibility index (Phi) is 21.4. The van der Waals surface area contributed by atoms with Crippen molar-refractivity contribution in [3.05, 3.63) is 35.4 Å². The van der Waals surface area contributed by atoms with Gasteiger partial charge in [-0.05, 0) is 24.7 Å². The predicted octanol–water partition coefficient (Wildman–Crippen LogP) is 9.29. The molecule has 0 atom stereocenters. The summed E-state index contributed by atoms with van der Waals surface area (Å²) in [5, 5.41) is 0.952. The minimum Gasteiger partial charge on any atom is -0.179 e. The van der Waals surface area contributed by atoms with Crippen molar-refractivity contribution in [1.82, 2.24) is 0 Å². The first-order valence-corrected chi connectivity index (χ1v) is 12.7. The molecule has 0 aliphatic carbocycles. The fourth-order valence-electron chi connectivity index (χ4n) is 2.98. The third-order valence-corrected chi connectivity index (χ3v) is 5.75. The second-order valence-electron chi connectivity index (χ2n) is 7.44. The Labute approximate surface area is 178 Å². The van der Waals surface area contributed by atoms with Crippen LogP contribution in [0.5, 0.6) is 0 Å². The fraction of sp³-hybridized carbons (Fsp3) is 0.750. The highest BCUT2D eigenvalue weighted by atomic mass is 79.9. The maximum absolute atomic E-state index is 4.23. The van der Waals surface area contributed by atoms with E-state index >= 15 is 0 Å². The summed E-state index contributed by atoms with van der Waals surface area (Å²) in [4.78, 5) is 0. The molecule has 0 unspecified atom stereocenters. The van der Waals surface area contributed by atoms with E-state index in [1.165, 1.54) is 101 Å². The summed E-state index contributed by atoms with van der Waals surface area (Å²) in [6, 6.07) is 8.50. The maximum atomic E-state index is 4.23. The second-order valence-corrected chi connectivity index (χ2v) is 8.45. The van der Waals surface area contributed by atoms with Gasteiger partial charge in [0.1, 0.15) is 0 Å². The first kappa shape index (κ1) is 26.1. The van der Waals surface area contributed by atoms with Gasteiger partial charge in [0.2, 0.25) is 0 Å². The third kappa shape index (κ3) is 18.8. The van der Waals surface area contributed by atoms with Gasteiger partial charge in [-0.25, -0.2) is 0 Å². The van der Waals surface area contributed by atoms with Crippen molar-refractivity contribution in [3.8, 4) is 0 Å². The van der Waals surface area contributed by atoms with Crippen molar-refractivity contribution in [1.29, 1.82) is 0 Å². The number of halogens is 1. The molecule has 0 N–H and O–H groups in total. The Bertz CT molecular complexity index is 360. The standard InChI is InChI=1S/C16H34S.C8H9Br/c1-2-3-4-5-6-7-8-9-10-11-12-13-14-15-16-17;1-7-2-4-8(6-9)5-3-7/h17H,2-16H2,1H3;2-5H,6H2,1H3. The molecule has 0 saturated heterocycles. The number of unbranched alkanes of at least 4 members (excludes halogenated alkanes) is 13. The van der Waals surface area contributed by atoms with Crippen molar-refractivity contribution in [3.63, 3.8) is 0 Å². The molecule has 0 spiro atoms. The molecule has 0 bridgehead atoms. The van der Waals surface area contributed by atoms with E-state index in [4.69, 9.17) is 0 Å². The molecule has 1 rings (SSSR count). The van der Waals surface area contributed by atoms with Crippen LogP contribution in [0.1, 0.15) is 108 Å². The van der Waals surface area contributed by atoms with Crippen LogP contribution in [0.4, 0.5) is 0 Å². The van der Waals surface area contributed by atoms with Crippen molar-refractivity contribution in [2.45, 2.75) is 109 Å². The maximum Gasteiger partial charge on any atom is 0.0283 e. The molecular formula is C24H43BrS. The van der Waals surface area contributed by atoms with Gasteiger partial charge in [0.05, 0.1) is 0 Å². The molecule has 0 aliphatic rings. The van der Waals surface area contributed by atoms with Gasteiger partial charge in [-0.1, -0.05) is 136 Å². The topological polar surface area (TPSA) is 0 Å². The summed E-state index contributed by atoms with van der Waals surface area (Å²) < 4.78 is 0. The highest BCUT2D eigenvalue weighted by molar-refractivity contribution is 9.08. The number of rotatable bonds is 15. The van der Waals surface area contributed by atoms with Gasteiger partial charge in [0, 0.05) is 5.33 Å². The monoisotopic (exact) mass is 442 g/mol. The summed E-state index contributed by atoms with van der Waals surface area (Å²) in [6.07, 6.45) is 20.1. The van der Waals surface area contributed by atoms with E-state index in [2.05, 4.69) is 66.7 Å². The molecule has 1 aromatic carbocycles. The zero-order valence-electron chi connectivity index (χ0n) is 17.4. The Hall–Kier alpha value is 0.0500. The number of benzene rings is 1. The van der Waals surface area contributed by atoms with Crippen molar-refractivity contribution in [2.75, 3.05) is 5.75 Å². The van der Waals surface area contributed by atoms with Crippen LogP contribution in [0.3, 0.4) is 0 Å². The average Bonchev–Trinajstić information content (AvgIpc) is 2.67. The van der Waals surface area contributed by atoms with E-state index < -0.39 is 0 Å². The van der Waals surface area contributed by atoms with E-state index in [-0.39, 0.29) is 0 Å². The fourth-order valence-corrected chi connectivity index (χ4v) is 3.58. The van der Waals surface area contributed by atoms with Crippen molar-refractivity contribution in [2.24, 2.45) is 0 Å². The highest BCUT2D eigenvalue weighted by Gasteiger charge is 1.93. The Balaban J connectivity index is 0.000000577. The third-order valence-electron chi connectivity index (χ3n) is 4.79. The molecule has 2 heteroatoms. The van der Waals surface area contributed by atoms with E-state index in [1.807, 2.05) is 0 Å². The van der Waals surface area contributed by atoms with E-state index in [0.717, 1.165) is 11.1 Å². The predicted molar refractivity (Wildman–Crippen MR) is 128 cm³/mol. The van der Waals surface area contributed by atoms with Crippen LogP contribution in [0, 0.1) is 6.92 Å². The Morgan fingerprint density at radius 1 is 0.654 bits per heavy atom. The van der Waals surface area contributed by atoms with Crippen molar-refractivity contribution < 1.29 is 0 Å². The number of alkyl halides is 1. The van der Waals surface area contributed by atoms with Gasteiger partial charge in [0.15, 0.2) is 0 Å². The van der Waals surface area contributed by atoms with Gasteiger partial charge in [-0.15, -0.1) is 0 Å². The lowest BCUT2D eigenvalue weighted by Crippen LogP contribution is -1.83. The van der Waals surface area contributed by atoms with Crippen LogP contribution in [0.15, 0.2) is 24.3 Å². The molecule has 0 aliphatic heterocycles. The first-order chi connectivity index (χ1) is 12.7. The Morgan fingerprint density at radius 2 is 1.04 bits per heavy atom. The molecule has 26 heavy (non-hydrogen) atoms. The summed E-state index contributed by atoms with van der Waals surface area (Å²) >= 11 is 7.61. The molecule has 152 valence electrons. The molecule has 0 heterocycles. The molecule has 0 aromatic heterocycles. The molecule has 0 radical (unpaired) electrons. The number of thiol groups is 1. The molecular weight excluding hydrogens is 400 g/mol. The lowest BCUT2D eigenvalue weighted by molar-refractivity contribution is 0.538. The SMILES string of the molecule is CCCCCCCCCCCCCCCCS.Cc1ccc(CBr)cc1. The highest BCUT2D eigenvalue weighted by Crippen LogP contribution is 2.13. The lowest BCUT2D eigenvalue weighted by atomic mass is 10.0. The lowest BCUT2D eigenvalue weighted by Gasteiger charge is -2.02. The molecule has 1 aromatic rings. The van der Waals surface area contributed by atoms with Crippen LogP contribution >= 0.6 is 28.6 Å². The van der Waals surface area contributed by atoms with E-state index in [1.54, 1.807) is 0 Å². The van der Waals surface area contributed by atoms with E-state index in [0.29, 0.717) is 0 Å². The van der Waals surface area contributed by atoms with Crippen LogP contribution in [-0.2, 0) is 5.33 Å². The number of hydrogen-bond donors (Lipinski definition) is 1. The van der Waals surface area contributed by atoms with Gasteiger partial charge < -0.3 is 0 Å². The van der Waals surface area contributed by atoms with Gasteiger partial charge in [0.25, 0.3) is 0 Å². The second kappa shape index (κ2) is 21.4. The zero-order chi connectivity index (χ0) is 19.3. The van der Waals surface area contributed by atoms with Crippen LogP contribution in [-0.4, -0.2) is 5.75 Å². The summed E-state index contributed by atoms with van der Waals surface area (Å²) in [5.41, 5.74) is 2.65. The first-order valence-electron chi connectivity index (χ1n) is 11.0. The molecule has 0 fully saturated rings. The van der Waals surface area contributed by atoms with Gasteiger partial charge in [-0.3, -0.25) is 0 Å². The molecule has 0 nitrogen and oxygen atoms in total. The summed E-state index contributed by atoms with van der Waals surface area (Å²) in [7, 11) is 0. The normalized spacial score (nSPS) is 10.5. The van der Waals surface area contributed by atoms with Crippen LogP contribution < -0.4 is 0 Å². The Morgan fingerprint density at radius 3 is 1.38 bits per heavy atom.